The van der Waals surface area contributed by atoms with Gasteiger partial charge in [0, 0.05) is 4.88 Å². The van der Waals surface area contributed by atoms with Crippen LogP contribution in [0.3, 0.4) is 0 Å². The van der Waals surface area contributed by atoms with E-state index < -0.39 is 35.1 Å². The van der Waals surface area contributed by atoms with Crippen LogP contribution in [0.25, 0.3) is 0 Å². The third-order valence-corrected chi connectivity index (χ3v) is 6.13. The number of nitrogens with zero attached hydrogens (tertiary/aromatic N) is 1. The van der Waals surface area contributed by atoms with Gasteiger partial charge in [-0.25, -0.2) is 8.42 Å². The molecule has 0 unspecified atom stereocenters. The van der Waals surface area contributed by atoms with E-state index in [9.17, 15) is 18.0 Å². The average Bonchev–Trinajstić information content (AvgIpc) is 2.77. The zero-order chi connectivity index (χ0) is 16.2. The molecule has 0 spiro atoms. The highest BCUT2D eigenvalue weighted by Gasteiger charge is 2.31. The Morgan fingerprint density at radius 1 is 1.24 bits per heavy atom. The first-order valence-electron chi connectivity index (χ1n) is 5.62. The standard InChI is InChI=1S/C11H14BrNO6S2/c1-7-8(4-9(12)20-7)21(16,17)13(5-10(14)18-2)6-11(15)19-3/h4H,5-6H2,1-3H3. The van der Waals surface area contributed by atoms with Gasteiger partial charge in [-0.05, 0) is 28.9 Å². The van der Waals surface area contributed by atoms with Crippen molar-refractivity contribution in [3.05, 3.63) is 14.7 Å². The Morgan fingerprint density at radius 2 is 1.71 bits per heavy atom. The molecule has 1 aromatic rings. The Bertz CT molecular complexity index is 621. The quantitative estimate of drug-likeness (QED) is 0.666. The van der Waals surface area contributed by atoms with E-state index in [0.29, 0.717) is 8.66 Å². The summed E-state index contributed by atoms with van der Waals surface area (Å²) in [5, 5.41) is 0. The molecule has 0 fully saturated rings. The second kappa shape index (κ2) is 7.34. The Kier molecular flexibility index (Phi) is 6.32. The zero-order valence-electron chi connectivity index (χ0n) is 11.6. The average molecular weight is 400 g/mol. The van der Waals surface area contributed by atoms with Gasteiger partial charge in [0.05, 0.1) is 22.9 Å². The molecule has 0 aliphatic carbocycles. The van der Waals surface area contributed by atoms with Gasteiger partial charge < -0.3 is 9.47 Å². The number of hydrogen-bond acceptors (Lipinski definition) is 7. The topological polar surface area (TPSA) is 90.0 Å². The highest BCUT2D eigenvalue weighted by molar-refractivity contribution is 9.11. The van der Waals surface area contributed by atoms with Gasteiger partial charge in [-0.15, -0.1) is 11.3 Å². The van der Waals surface area contributed by atoms with Crippen molar-refractivity contribution < 1.29 is 27.5 Å². The number of carbonyl (C=O) groups is 2. The fourth-order valence-corrected chi connectivity index (χ4v) is 5.18. The maximum absolute atomic E-state index is 12.6. The molecule has 0 N–H and O–H groups in total. The summed E-state index contributed by atoms with van der Waals surface area (Å²) in [6.07, 6.45) is 0. The predicted molar refractivity (Wildman–Crippen MR) is 79.5 cm³/mol. The van der Waals surface area contributed by atoms with Crippen molar-refractivity contribution in [1.29, 1.82) is 0 Å². The zero-order valence-corrected chi connectivity index (χ0v) is 14.8. The molecule has 21 heavy (non-hydrogen) atoms. The Morgan fingerprint density at radius 3 is 2.05 bits per heavy atom. The third-order valence-electron chi connectivity index (χ3n) is 2.53. The number of sulfonamides is 1. The minimum atomic E-state index is -4.01. The molecule has 0 radical (unpaired) electrons. The highest BCUT2D eigenvalue weighted by atomic mass is 79.9. The van der Waals surface area contributed by atoms with Gasteiger partial charge in [-0.1, -0.05) is 0 Å². The van der Waals surface area contributed by atoms with Crippen LogP contribution in [0.4, 0.5) is 0 Å². The van der Waals surface area contributed by atoms with Crippen LogP contribution in [0.5, 0.6) is 0 Å². The monoisotopic (exact) mass is 399 g/mol. The molecule has 0 aliphatic rings. The van der Waals surface area contributed by atoms with Crippen LogP contribution in [0, 0.1) is 6.92 Å². The first-order valence-corrected chi connectivity index (χ1v) is 8.67. The minimum absolute atomic E-state index is 0.0344. The number of esters is 2. The van der Waals surface area contributed by atoms with Crippen LogP contribution < -0.4 is 0 Å². The molecular weight excluding hydrogens is 386 g/mol. The van der Waals surface area contributed by atoms with Gasteiger partial charge in [-0.3, -0.25) is 9.59 Å². The first kappa shape index (κ1) is 18.1. The molecule has 7 nitrogen and oxygen atoms in total. The molecule has 1 rings (SSSR count). The minimum Gasteiger partial charge on any atom is -0.468 e. The molecule has 1 heterocycles. The van der Waals surface area contributed by atoms with Gasteiger partial charge in [0.15, 0.2) is 0 Å². The molecule has 1 aromatic heterocycles. The van der Waals surface area contributed by atoms with Crippen LogP contribution in [0.15, 0.2) is 14.7 Å². The Labute approximate surface area is 135 Å². The maximum Gasteiger partial charge on any atom is 0.321 e. The van der Waals surface area contributed by atoms with E-state index in [4.69, 9.17) is 0 Å². The van der Waals surface area contributed by atoms with Crippen molar-refractivity contribution in [2.45, 2.75) is 11.8 Å². The Balaban J connectivity index is 3.19. The van der Waals surface area contributed by atoms with Gasteiger partial charge in [0.25, 0.3) is 0 Å². The van der Waals surface area contributed by atoms with E-state index in [2.05, 4.69) is 25.4 Å². The summed E-state index contributed by atoms with van der Waals surface area (Å²) < 4.78 is 35.4. The molecule has 10 heteroatoms. The molecule has 0 saturated carbocycles. The number of ether oxygens (including phenoxy) is 2. The molecule has 0 bridgehead atoms. The molecule has 118 valence electrons. The number of rotatable bonds is 6. The van der Waals surface area contributed by atoms with E-state index in [0.717, 1.165) is 18.5 Å². The molecule has 0 saturated heterocycles. The van der Waals surface area contributed by atoms with Crippen LogP contribution in [0.1, 0.15) is 4.88 Å². The van der Waals surface area contributed by atoms with Crippen molar-refractivity contribution >= 4 is 49.2 Å². The van der Waals surface area contributed by atoms with Gasteiger partial charge in [0.1, 0.15) is 13.1 Å². The lowest BCUT2D eigenvalue weighted by atomic mass is 10.5. The van der Waals surface area contributed by atoms with E-state index >= 15 is 0 Å². The van der Waals surface area contributed by atoms with E-state index in [-0.39, 0.29) is 4.90 Å². The summed E-state index contributed by atoms with van der Waals surface area (Å²) in [4.78, 5) is 23.3. The van der Waals surface area contributed by atoms with Crippen molar-refractivity contribution in [3.8, 4) is 0 Å². The van der Waals surface area contributed by atoms with Crippen LogP contribution in [-0.2, 0) is 29.1 Å². The van der Waals surface area contributed by atoms with E-state index in [1.54, 1.807) is 6.92 Å². The normalized spacial score (nSPS) is 11.5. The number of carbonyl (C=O) groups excluding carboxylic acids is 2. The largest absolute Gasteiger partial charge is 0.468 e. The highest BCUT2D eigenvalue weighted by Crippen LogP contribution is 2.31. The summed E-state index contributed by atoms with van der Waals surface area (Å²) in [7, 11) is -1.74. The number of thiophene rings is 1. The summed E-state index contributed by atoms with van der Waals surface area (Å²) in [6, 6.07) is 1.43. The number of hydrogen-bond donors (Lipinski definition) is 0. The van der Waals surface area contributed by atoms with Crippen LogP contribution >= 0.6 is 27.3 Å². The lowest BCUT2D eigenvalue weighted by Crippen LogP contribution is -2.40. The summed E-state index contributed by atoms with van der Waals surface area (Å²) in [5.74, 6) is -1.54. The fraction of sp³-hybridized carbons (Fsp3) is 0.455. The smallest absolute Gasteiger partial charge is 0.321 e. The van der Waals surface area contributed by atoms with Gasteiger partial charge in [-0.2, -0.15) is 4.31 Å². The third kappa shape index (κ3) is 4.50. The van der Waals surface area contributed by atoms with Crippen molar-refractivity contribution in [2.75, 3.05) is 27.3 Å². The van der Waals surface area contributed by atoms with Crippen molar-refractivity contribution in [1.82, 2.24) is 4.31 Å². The SMILES string of the molecule is COC(=O)CN(CC(=O)OC)S(=O)(=O)c1cc(Br)sc1C. The fourth-order valence-electron chi connectivity index (χ4n) is 1.47. The number of aryl methyl sites for hydroxylation is 1. The summed E-state index contributed by atoms with van der Waals surface area (Å²) in [5.41, 5.74) is 0. The first-order chi connectivity index (χ1) is 9.72. The Hall–Kier alpha value is -0.970. The van der Waals surface area contributed by atoms with E-state index in [1.165, 1.54) is 17.4 Å². The summed E-state index contributed by atoms with van der Waals surface area (Å²) in [6.45, 7) is 0.498. The molecule has 0 amide bonds. The van der Waals surface area contributed by atoms with Crippen LogP contribution in [-0.4, -0.2) is 52.0 Å². The van der Waals surface area contributed by atoms with Crippen molar-refractivity contribution in [2.24, 2.45) is 0 Å². The van der Waals surface area contributed by atoms with Crippen LogP contribution in [0.2, 0.25) is 0 Å². The van der Waals surface area contributed by atoms with Crippen molar-refractivity contribution in [3.63, 3.8) is 0 Å². The second-order valence-corrected chi connectivity index (χ2v) is 8.44. The van der Waals surface area contributed by atoms with E-state index in [1.807, 2.05) is 0 Å². The van der Waals surface area contributed by atoms with Gasteiger partial charge >= 0.3 is 11.9 Å². The summed E-state index contributed by atoms with van der Waals surface area (Å²) >= 11 is 4.45. The molecule has 0 aliphatic heterocycles. The predicted octanol–water partition coefficient (Wildman–Crippen LogP) is 1.16. The molecule has 0 atom stereocenters. The van der Waals surface area contributed by atoms with Gasteiger partial charge in [0.2, 0.25) is 10.0 Å². The lowest BCUT2D eigenvalue weighted by Gasteiger charge is -2.19. The second-order valence-electron chi connectivity index (χ2n) is 3.90. The number of halogens is 1. The molecule has 0 aromatic carbocycles. The maximum atomic E-state index is 12.6. The number of methoxy groups -OCH3 is 2. The lowest BCUT2D eigenvalue weighted by molar-refractivity contribution is -0.143. The molecular formula is C11H14BrNO6S2.